The molecule has 5 nitrogen and oxygen atoms in total. The average molecular weight is 1230 g/mol. The van der Waals surface area contributed by atoms with E-state index in [1.54, 1.807) is 0 Å². The Hall–Kier alpha value is -10.6. The van der Waals surface area contributed by atoms with Crippen LogP contribution >= 0.6 is 18.8 Å². The maximum atomic E-state index is 5.90. The molecule has 0 heterocycles. The lowest BCUT2D eigenvalue weighted by Crippen LogP contribution is -2.10. The molecule has 92 heavy (non-hydrogen) atoms. The highest BCUT2D eigenvalue weighted by Crippen LogP contribution is 2.43. The van der Waals surface area contributed by atoms with Crippen molar-refractivity contribution >= 4 is 117 Å². The van der Waals surface area contributed by atoms with Gasteiger partial charge >= 0.3 is 0 Å². The molecule has 450 valence electrons. The van der Waals surface area contributed by atoms with Crippen molar-refractivity contribution in [3.8, 4) is 22.3 Å². The molecule has 0 saturated heterocycles. The number of anilines is 12. The van der Waals surface area contributed by atoms with E-state index in [0.717, 1.165) is 68.2 Å². The molecular weight excluding hydrogens is 1150 g/mol. The Balaban J connectivity index is 0.000000202. The van der Waals surface area contributed by atoms with Crippen LogP contribution in [0, 0.1) is 13.8 Å². The van der Waals surface area contributed by atoms with Crippen LogP contribution in [-0.2, 0) is 0 Å². The van der Waals surface area contributed by atoms with Gasteiger partial charge in [0.1, 0.15) is 0 Å². The molecule has 14 aromatic rings. The molecular formula is C84H76BN5P2. The van der Waals surface area contributed by atoms with Crippen LogP contribution < -0.4 is 19.6 Å². The zero-order valence-electron chi connectivity index (χ0n) is 52.3. The van der Waals surface area contributed by atoms with Crippen LogP contribution in [0.2, 0.25) is 0 Å². The number of hydrogen-bond donors (Lipinski definition) is 0. The number of aryl methyl sites for hydroxylation is 2. The maximum Gasteiger partial charge on any atom is 0.265 e. The maximum absolute atomic E-state index is 5.90. The van der Waals surface area contributed by atoms with Gasteiger partial charge in [0.2, 0.25) is 0 Å². The molecule has 8 heteroatoms. The first-order chi connectivity index (χ1) is 45.3. The quantitative estimate of drug-likeness (QED) is 0.0800. The van der Waals surface area contributed by atoms with Gasteiger partial charge in [-0.1, -0.05) is 233 Å². The fourth-order valence-electron chi connectivity index (χ4n) is 11.6. The summed E-state index contributed by atoms with van der Waals surface area (Å²) in [5, 5.41) is 4.90. The van der Waals surface area contributed by atoms with Crippen LogP contribution in [-0.4, -0.2) is 10.5 Å². The van der Waals surface area contributed by atoms with E-state index in [-0.39, 0.29) is 14.9 Å². The van der Waals surface area contributed by atoms with Crippen molar-refractivity contribution in [1.29, 1.82) is 2.56 Å². The number of rotatable bonds is 14. The molecule has 0 aromatic heterocycles. The zero-order chi connectivity index (χ0) is 63.4. The lowest BCUT2D eigenvalue weighted by atomic mass is 10.0. The molecule has 0 aliphatic rings. The van der Waals surface area contributed by atoms with Crippen molar-refractivity contribution in [3.63, 3.8) is 0 Å². The SMILES string of the molecule is C.C.Cc1cccc(N(c2ccccc2)c2ccc(-c3ccc(N(c4ccccc4)c4cccc(C)c4)cc3)cc2)c1.[2H]P[3H].[B]N=P.c1ccc(N(c2ccc(-c3ccc(N(c4ccccc4)c4cccc5ccccc45)cc3)cc2)c2cccc3ccccc23)cc1. The Labute approximate surface area is 554 Å². The molecule has 0 aliphatic heterocycles. The molecule has 0 fully saturated rings. The molecule has 1 atom stereocenters. The summed E-state index contributed by atoms with van der Waals surface area (Å²) in [5.41, 5.74) is 20.9. The first-order valence-corrected chi connectivity index (χ1v) is 30.3. The Bertz CT molecular complexity index is 4320. The van der Waals surface area contributed by atoms with Gasteiger partial charge in [0.15, 0.2) is 0 Å². The second kappa shape index (κ2) is 31.7. The van der Waals surface area contributed by atoms with Crippen molar-refractivity contribution < 1.29 is 0 Å². The number of fused-ring (bicyclic) bond motifs is 2. The van der Waals surface area contributed by atoms with Crippen LogP contribution in [0.15, 0.2) is 357 Å². The zero-order valence-corrected chi connectivity index (χ0v) is 52.3. The Morgan fingerprint density at radius 2 is 0.522 bits per heavy atom. The van der Waals surface area contributed by atoms with Crippen LogP contribution in [0.1, 0.15) is 26.0 Å². The van der Waals surface area contributed by atoms with Gasteiger partial charge in [-0.05, 0) is 200 Å². The largest absolute Gasteiger partial charge is 0.344 e. The predicted molar refractivity (Wildman–Crippen MR) is 408 cm³/mol. The van der Waals surface area contributed by atoms with E-state index in [2.05, 4.69) is 407 Å². The van der Waals surface area contributed by atoms with Crippen LogP contribution in [0.4, 0.5) is 68.2 Å². The molecule has 14 aromatic carbocycles. The number of hydrogen-bond acceptors (Lipinski definition) is 5. The van der Waals surface area contributed by atoms with E-state index in [9.17, 15) is 0 Å². The van der Waals surface area contributed by atoms with E-state index in [0.29, 0.717) is 0 Å². The second-order valence-corrected chi connectivity index (χ2v) is 21.9. The van der Waals surface area contributed by atoms with E-state index in [1.165, 1.54) is 54.9 Å². The Kier molecular flexibility index (Phi) is 21.7. The first-order valence-electron chi connectivity index (χ1n) is 30.9. The number of para-hydroxylation sites is 4. The highest BCUT2D eigenvalue weighted by atomic mass is 31.0. The normalized spacial score (nSPS) is 10.7. The first kappa shape index (κ1) is 63.0. The molecule has 2 radical (unpaired) electrons. The van der Waals surface area contributed by atoms with Crippen molar-refractivity contribution in [3.05, 3.63) is 363 Å². The van der Waals surface area contributed by atoms with E-state index in [4.69, 9.17) is 2.56 Å². The minimum absolute atomic E-state index is 0. The van der Waals surface area contributed by atoms with E-state index >= 15 is 0 Å². The highest BCUT2D eigenvalue weighted by Gasteiger charge is 2.19. The molecule has 0 spiro atoms. The van der Waals surface area contributed by atoms with Crippen LogP contribution in [0.25, 0.3) is 43.8 Å². The molecule has 0 aliphatic carbocycles. The standard InChI is InChI=1S/C44H32N2.C38H32N2.2CH4.BHNP.H3P/c1-3-17-37(18-4-1)45(43-23-11-15-35-13-7-9-21-41(35)43)39-29-25-33(26-30-39)34-27-31-40(32-28-34)46(38-19-5-2-6-20-38)44-24-12-16-36-14-8-10-22-42(36)44;1-29-11-9-17-37(27-29)39(33-13-5-3-6-14-33)35-23-19-31(20-24-35)32-21-25-36(26-22-32)40(34-15-7-4-8-16-34)38-18-10-12-30(2)28-38;;;1-2-3;/h1-32H;3-28H,1-2H3;2*1H4;3H;1H3/i;;;;;1TD. The topological polar surface area (TPSA) is 25.3 Å². The summed E-state index contributed by atoms with van der Waals surface area (Å²) in [6, 6.07) is 125. The molecule has 0 bridgehead atoms. The summed E-state index contributed by atoms with van der Waals surface area (Å²) >= 11 is 0. The predicted octanol–water partition coefficient (Wildman–Crippen LogP) is 25.2. The van der Waals surface area contributed by atoms with Gasteiger partial charge in [-0.15, -0.1) is 0 Å². The van der Waals surface area contributed by atoms with E-state index < -0.39 is 9.79 Å². The van der Waals surface area contributed by atoms with Crippen molar-refractivity contribution in [2.75, 3.05) is 19.6 Å². The van der Waals surface area contributed by atoms with E-state index in [1.807, 2.05) is 0 Å². The third kappa shape index (κ3) is 15.2. The van der Waals surface area contributed by atoms with Gasteiger partial charge < -0.3 is 24.3 Å². The van der Waals surface area contributed by atoms with Crippen molar-refractivity contribution in [2.24, 2.45) is 4.66 Å². The summed E-state index contributed by atoms with van der Waals surface area (Å²) < 4.78 is 14.6. The fraction of sp³-hybridized carbons (Fsp3) is 0.0476. The van der Waals surface area contributed by atoms with Crippen LogP contribution in [0.3, 0.4) is 0 Å². The summed E-state index contributed by atoms with van der Waals surface area (Å²) in [5.74, 6) is 0. The van der Waals surface area contributed by atoms with Crippen molar-refractivity contribution in [1.82, 2.24) is 0 Å². The average Bonchev–Trinajstić information content (AvgIpc) is 0.801. The molecule has 1 unspecified atom stereocenters. The third-order valence-corrected chi connectivity index (χ3v) is 15.8. The van der Waals surface area contributed by atoms with Gasteiger partial charge in [0.05, 0.1) is 13.9 Å². The number of nitrogens with zero attached hydrogens (tertiary/aromatic N) is 5. The van der Waals surface area contributed by atoms with Gasteiger partial charge in [-0.3, -0.25) is 0 Å². The van der Waals surface area contributed by atoms with Gasteiger partial charge in [0.25, 0.3) is 7.98 Å². The highest BCUT2D eigenvalue weighted by molar-refractivity contribution is 7.05. The van der Waals surface area contributed by atoms with Gasteiger partial charge in [-0.2, -0.15) is 9.79 Å². The second-order valence-electron chi connectivity index (χ2n) is 21.7. The minimum Gasteiger partial charge on any atom is -0.344 e. The molecule has 0 saturated carbocycles. The lowest BCUT2D eigenvalue weighted by Gasteiger charge is -2.27. The van der Waals surface area contributed by atoms with Crippen molar-refractivity contribution in [2.45, 2.75) is 28.7 Å². The monoisotopic (exact) mass is 1230 g/mol. The summed E-state index contributed by atoms with van der Waals surface area (Å²) in [6.45, 7) is 4.27. The summed E-state index contributed by atoms with van der Waals surface area (Å²) in [6.07, 6.45) is 0. The lowest BCUT2D eigenvalue weighted by molar-refractivity contribution is 1.27. The molecule has 0 amide bonds. The number of benzene rings is 14. The van der Waals surface area contributed by atoms with Gasteiger partial charge in [-0.25, -0.2) is 0 Å². The Morgan fingerprint density at radius 3 is 0.815 bits per heavy atom. The summed E-state index contributed by atoms with van der Waals surface area (Å²) in [7, 11) is 6.56. The van der Waals surface area contributed by atoms with Gasteiger partial charge in [0, 0.05) is 67.6 Å². The minimum atomic E-state index is -0.417. The fourth-order valence-corrected chi connectivity index (χ4v) is 11.6. The third-order valence-electron chi connectivity index (χ3n) is 15.8. The smallest absolute Gasteiger partial charge is 0.265 e. The Morgan fingerprint density at radius 1 is 0.304 bits per heavy atom. The van der Waals surface area contributed by atoms with Crippen LogP contribution in [0.5, 0.6) is 0 Å². The molecule has 14 rings (SSSR count). The molecule has 0 N–H and O–H groups in total. The summed E-state index contributed by atoms with van der Waals surface area (Å²) in [4.78, 5) is 9.30.